The second kappa shape index (κ2) is 8.97. The highest BCUT2D eigenvalue weighted by atomic mass is 16.4. The van der Waals surface area contributed by atoms with Crippen LogP contribution in [0.15, 0.2) is 12.2 Å². The van der Waals surface area contributed by atoms with Crippen LogP contribution in [-0.2, 0) is 9.59 Å². The van der Waals surface area contributed by atoms with Crippen molar-refractivity contribution in [1.29, 1.82) is 0 Å². The van der Waals surface area contributed by atoms with Gasteiger partial charge in [-0.15, -0.1) is 0 Å². The lowest BCUT2D eigenvalue weighted by Gasteiger charge is -1.96. The molecule has 0 heterocycles. The molecular weight excluding hydrogens is 168 g/mol. The Morgan fingerprint density at radius 1 is 1.15 bits per heavy atom. The van der Waals surface area contributed by atoms with Crippen LogP contribution in [-0.4, -0.2) is 17.4 Å². The molecule has 0 aliphatic heterocycles. The van der Waals surface area contributed by atoms with E-state index >= 15 is 0 Å². The van der Waals surface area contributed by atoms with Gasteiger partial charge in [-0.2, -0.15) is 0 Å². The van der Waals surface area contributed by atoms with E-state index in [1.165, 1.54) is 6.08 Å². The lowest BCUT2D eigenvalue weighted by Crippen LogP contribution is -1.93. The maximum atomic E-state index is 10.1. The Hall–Kier alpha value is -1.12. The minimum atomic E-state index is -0.721. The van der Waals surface area contributed by atoms with Crippen molar-refractivity contribution < 1.29 is 14.7 Å². The molecule has 0 aliphatic carbocycles. The quantitative estimate of drug-likeness (QED) is 0.357. The Bertz CT molecular complexity index is 173. The Balaban J connectivity index is 3.03. The first-order valence-electron chi connectivity index (χ1n) is 4.59. The second-order valence-electron chi connectivity index (χ2n) is 2.91. The largest absolute Gasteiger partial charge is 0.481 e. The Morgan fingerprint density at radius 2 is 1.85 bits per heavy atom. The fraction of sp³-hybridized carbons (Fsp3) is 0.600. The van der Waals surface area contributed by atoms with Crippen LogP contribution in [0.25, 0.3) is 0 Å². The van der Waals surface area contributed by atoms with Gasteiger partial charge in [-0.3, -0.25) is 9.59 Å². The molecule has 0 amide bonds. The van der Waals surface area contributed by atoms with Gasteiger partial charge in [0.25, 0.3) is 0 Å². The molecule has 0 atom stereocenters. The molecule has 3 nitrogen and oxygen atoms in total. The van der Waals surface area contributed by atoms with E-state index in [-0.39, 0.29) is 6.42 Å². The van der Waals surface area contributed by atoms with Crippen molar-refractivity contribution >= 4 is 12.3 Å². The number of aliphatic carboxylic acids is 1. The first kappa shape index (κ1) is 11.9. The second-order valence-corrected chi connectivity index (χ2v) is 2.91. The van der Waals surface area contributed by atoms with Gasteiger partial charge in [0.05, 0.1) is 0 Å². The fourth-order valence-corrected chi connectivity index (χ4v) is 1.04. The minimum absolute atomic E-state index is 0.268. The number of carboxylic acids is 1. The molecule has 0 aromatic rings. The topological polar surface area (TPSA) is 54.4 Å². The van der Waals surface area contributed by atoms with Crippen LogP contribution in [0.5, 0.6) is 0 Å². The monoisotopic (exact) mass is 184 g/mol. The average molecular weight is 184 g/mol. The van der Waals surface area contributed by atoms with E-state index in [0.717, 1.165) is 38.4 Å². The van der Waals surface area contributed by atoms with Crippen LogP contribution in [0.3, 0.4) is 0 Å². The molecule has 3 heteroatoms. The number of aldehydes is 1. The van der Waals surface area contributed by atoms with Crippen molar-refractivity contribution in [3.05, 3.63) is 12.2 Å². The fourth-order valence-electron chi connectivity index (χ4n) is 1.04. The zero-order valence-electron chi connectivity index (χ0n) is 7.74. The number of rotatable bonds is 8. The molecule has 0 unspecified atom stereocenters. The van der Waals surface area contributed by atoms with Crippen molar-refractivity contribution in [2.75, 3.05) is 0 Å². The summed E-state index contributed by atoms with van der Waals surface area (Å²) in [6.07, 6.45) is 9.07. The number of allylic oxidation sites excluding steroid dienone is 2. The van der Waals surface area contributed by atoms with Crippen LogP contribution in [0, 0.1) is 0 Å². The van der Waals surface area contributed by atoms with Gasteiger partial charge in [-0.25, -0.2) is 0 Å². The molecule has 13 heavy (non-hydrogen) atoms. The van der Waals surface area contributed by atoms with Crippen molar-refractivity contribution in [3.8, 4) is 0 Å². The van der Waals surface area contributed by atoms with Crippen LogP contribution >= 0.6 is 0 Å². The van der Waals surface area contributed by atoms with E-state index in [1.54, 1.807) is 0 Å². The van der Waals surface area contributed by atoms with Crippen LogP contribution in [0.4, 0.5) is 0 Å². The van der Waals surface area contributed by atoms with Gasteiger partial charge >= 0.3 is 5.97 Å². The number of unbranched alkanes of at least 4 members (excludes halogenated alkanes) is 4. The third kappa shape index (κ3) is 10.9. The van der Waals surface area contributed by atoms with E-state index in [0.29, 0.717) is 0 Å². The summed E-state index contributed by atoms with van der Waals surface area (Å²) in [5, 5.41) is 8.34. The summed E-state index contributed by atoms with van der Waals surface area (Å²) in [5.41, 5.74) is 0. The van der Waals surface area contributed by atoms with E-state index in [1.807, 2.05) is 6.08 Å². The van der Waals surface area contributed by atoms with Crippen LogP contribution in [0.2, 0.25) is 0 Å². The molecule has 0 radical (unpaired) electrons. The molecule has 0 aliphatic rings. The van der Waals surface area contributed by atoms with Crippen molar-refractivity contribution in [2.24, 2.45) is 0 Å². The summed E-state index contributed by atoms with van der Waals surface area (Å²) in [6, 6.07) is 0. The molecule has 0 fully saturated rings. The summed E-state index contributed by atoms with van der Waals surface area (Å²) in [4.78, 5) is 20.0. The number of hydrogen-bond donors (Lipinski definition) is 1. The van der Waals surface area contributed by atoms with E-state index in [4.69, 9.17) is 5.11 Å². The molecule has 0 aromatic carbocycles. The predicted octanol–water partition coefficient (Wildman–Crippen LogP) is 2.17. The lowest BCUT2D eigenvalue weighted by atomic mass is 10.1. The van der Waals surface area contributed by atoms with Crippen molar-refractivity contribution in [2.45, 2.75) is 38.5 Å². The zero-order valence-corrected chi connectivity index (χ0v) is 7.74. The lowest BCUT2D eigenvalue weighted by molar-refractivity contribution is -0.137. The summed E-state index contributed by atoms with van der Waals surface area (Å²) >= 11 is 0. The molecule has 0 bridgehead atoms. The van der Waals surface area contributed by atoms with Gasteiger partial charge < -0.3 is 5.11 Å². The maximum Gasteiger partial charge on any atom is 0.303 e. The SMILES string of the molecule is O=C/C=C/CCCCCCC(=O)O. The summed E-state index contributed by atoms with van der Waals surface area (Å²) in [5.74, 6) is -0.721. The van der Waals surface area contributed by atoms with Gasteiger partial charge in [0.15, 0.2) is 0 Å². The van der Waals surface area contributed by atoms with Gasteiger partial charge in [0.2, 0.25) is 0 Å². The van der Waals surface area contributed by atoms with E-state index < -0.39 is 5.97 Å². The summed E-state index contributed by atoms with van der Waals surface area (Å²) in [6.45, 7) is 0. The first-order chi connectivity index (χ1) is 6.27. The van der Waals surface area contributed by atoms with Gasteiger partial charge in [0.1, 0.15) is 6.29 Å². The van der Waals surface area contributed by atoms with Gasteiger partial charge in [0, 0.05) is 6.42 Å². The maximum absolute atomic E-state index is 10.1. The third-order valence-corrected chi connectivity index (χ3v) is 1.73. The summed E-state index contributed by atoms with van der Waals surface area (Å²) < 4.78 is 0. The number of carboxylic acid groups (broad SMARTS) is 1. The van der Waals surface area contributed by atoms with Crippen molar-refractivity contribution in [1.82, 2.24) is 0 Å². The Labute approximate surface area is 78.5 Å². The number of hydrogen-bond acceptors (Lipinski definition) is 2. The molecule has 0 rings (SSSR count). The Morgan fingerprint density at radius 3 is 2.46 bits per heavy atom. The molecule has 1 N–H and O–H groups in total. The molecular formula is C10H16O3. The minimum Gasteiger partial charge on any atom is -0.481 e. The third-order valence-electron chi connectivity index (χ3n) is 1.73. The highest BCUT2D eigenvalue weighted by Gasteiger charge is 1.95. The highest BCUT2D eigenvalue weighted by molar-refractivity contribution is 5.66. The predicted molar refractivity (Wildman–Crippen MR) is 50.5 cm³/mol. The smallest absolute Gasteiger partial charge is 0.303 e. The molecule has 0 aromatic heterocycles. The van der Waals surface area contributed by atoms with Crippen LogP contribution < -0.4 is 0 Å². The zero-order chi connectivity index (χ0) is 9.94. The normalized spacial score (nSPS) is 10.5. The Kier molecular flexibility index (Phi) is 8.20. The highest BCUT2D eigenvalue weighted by Crippen LogP contribution is 2.05. The summed E-state index contributed by atoms with van der Waals surface area (Å²) in [7, 11) is 0. The molecule has 0 spiro atoms. The standard InChI is InChI=1S/C10H16O3/c11-9-7-5-3-1-2-4-6-8-10(12)13/h5,7,9H,1-4,6,8H2,(H,12,13)/b7-5+. The number of carbonyl (C=O) groups excluding carboxylic acids is 1. The van der Waals surface area contributed by atoms with Gasteiger partial charge in [-0.1, -0.05) is 18.9 Å². The van der Waals surface area contributed by atoms with Crippen LogP contribution in [0.1, 0.15) is 38.5 Å². The molecule has 0 saturated carbocycles. The molecule has 74 valence electrons. The van der Waals surface area contributed by atoms with Gasteiger partial charge in [-0.05, 0) is 25.3 Å². The van der Waals surface area contributed by atoms with E-state index in [9.17, 15) is 9.59 Å². The van der Waals surface area contributed by atoms with Crippen molar-refractivity contribution in [3.63, 3.8) is 0 Å². The van der Waals surface area contributed by atoms with E-state index in [2.05, 4.69) is 0 Å². The number of carbonyl (C=O) groups is 2. The first-order valence-corrected chi connectivity index (χ1v) is 4.59. The average Bonchev–Trinajstić information content (AvgIpc) is 2.09. The molecule has 0 saturated heterocycles.